The highest BCUT2D eigenvalue weighted by Gasteiger charge is 2.21. The number of likely N-dealkylation sites (tertiary alicyclic amines) is 1. The van der Waals surface area contributed by atoms with Gasteiger partial charge in [0, 0.05) is 18.2 Å². The van der Waals surface area contributed by atoms with Crippen LogP contribution in [0.1, 0.15) is 36.9 Å². The molecule has 2 aromatic heterocycles. The molecule has 0 radical (unpaired) electrons. The van der Waals surface area contributed by atoms with Crippen LogP contribution in [0, 0.1) is 6.92 Å². The van der Waals surface area contributed by atoms with E-state index in [1.165, 1.54) is 0 Å². The number of hydrogen-bond donors (Lipinski definition) is 0. The Morgan fingerprint density at radius 2 is 2.10 bits per heavy atom. The molecule has 0 bridgehead atoms. The van der Waals surface area contributed by atoms with Crippen molar-refractivity contribution in [1.82, 2.24) is 14.3 Å². The molecule has 4 nitrogen and oxygen atoms in total. The van der Waals surface area contributed by atoms with E-state index in [4.69, 9.17) is 4.98 Å². The van der Waals surface area contributed by atoms with Crippen LogP contribution in [0.15, 0.2) is 29.2 Å². The molecule has 3 heterocycles. The number of nitrogens with zero attached hydrogens (tertiary/aromatic N) is 3. The molecule has 0 spiro atoms. The number of fused-ring (bicyclic) bond motifs is 1. The van der Waals surface area contributed by atoms with Crippen LogP contribution in [0.2, 0.25) is 0 Å². The fourth-order valence-electron chi connectivity index (χ4n) is 3.03. The van der Waals surface area contributed by atoms with E-state index in [0.717, 1.165) is 49.4 Å². The largest absolute Gasteiger partial charge is 0.304 e. The van der Waals surface area contributed by atoms with Crippen LogP contribution >= 0.6 is 0 Å². The van der Waals surface area contributed by atoms with E-state index in [-0.39, 0.29) is 5.56 Å². The Bertz CT molecular complexity index is 669. The second-order valence-electron chi connectivity index (χ2n) is 5.61. The summed E-state index contributed by atoms with van der Waals surface area (Å²) in [6, 6.07) is 5.62. The lowest BCUT2D eigenvalue weighted by Crippen LogP contribution is -2.33. The number of hydrogen-bond acceptors (Lipinski definition) is 3. The van der Waals surface area contributed by atoms with E-state index in [0.29, 0.717) is 5.92 Å². The highest BCUT2D eigenvalue weighted by Crippen LogP contribution is 2.26. The van der Waals surface area contributed by atoms with Crippen molar-refractivity contribution in [1.29, 1.82) is 0 Å². The number of piperidine rings is 1. The summed E-state index contributed by atoms with van der Waals surface area (Å²) in [7, 11) is 0. The van der Waals surface area contributed by atoms with E-state index >= 15 is 0 Å². The molecule has 3 rings (SSSR count). The Labute approximate surface area is 119 Å². The van der Waals surface area contributed by atoms with Crippen LogP contribution in [0.4, 0.5) is 0 Å². The maximum atomic E-state index is 12.2. The zero-order valence-corrected chi connectivity index (χ0v) is 12.2. The third kappa shape index (κ3) is 2.36. The molecular formula is C16H21N3O. The summed E-state index contributed by atoms with van der Waals surface area (Å²) in [5.41, 5.74) is 2.86. The van der Waals surface area contributed by atoms with Gasteiger partial charge < -0.3 is 4.90 Å². The van der Waals surface area contributed by atoms with Gasteiger partial charge in [0.05, 0.1) is 5.69 Å². The smallest absolute Gasteiger partial charge is 0.258 e. The van der Waals surface area contributed by atoms with Gasteiger partial charge in [-0.25, -0.2) is 4.98 Å². The van der Waals surface area contributed by atoms with E-state index < -0.39 is 0 Å². The van der Waals surface area contributed by atoms with E-state index in [1.54, 1.807) is 16.7 Å². The van der Waals surface area contributed by atoms with Gasteiger partial charge in [-0.2, -0.15) is 0 Å². The molecule has 0 aromatic carbocycles. The lowest BCUT2D eigenvalue weighted by Gasteiger charge is -2.30. The monoisotopic (exact) mass is 271 g/mol. The Balaban J connectivity index is 1.97. The van der Waals surface area contributed by atoms with Crippen LogP contribution in [0.25, 0.3) is 5.65 Å². The third-order valence-electron chi connectivity index (χ3n) is 4.36. The molecule has 0 atom stereocenters. The summed E-state index contributed by atoms with van der Waals surface area (Å²) in [6.07, 6.45) is 3.99. The molecule has 0 aliphatic carbocycles. The van der Waals surface area contributed by atoms with Crippen molar-refractivity contribution in [2.75, 3.05) is 19.6 Å². The summed E-state index contributed by atoms with van der Waals surface area (Å²) in [6.45, 7) is 7.53. The van der Waals surface area contributed by atoms with E-state index in [2.05, 4.69) is 11.8 Å². The van der Waals surface area contributed by atoms with Crippen molar-refractivity contribution < 1.29 is 0 Å². The summed E-state index contributed by atoms with van der Waals surface area (Å²) >= 11 is 0. The molecule has 2 aromatic rings. The van der Waals surface area contributed by atoms with Gasteiger partial charge in [-0.15, -0.1) is 0 Å². The molecule has 0 unspecified atom stereocenters. The second-order valence-corrected chi connectivity index (χ2v) is 5.61. The molecule has 1 saturated heterocycles. The zero-order valence-electron chi connectivity index (χ0n) is 12.2. The predicted molar refractivity (Wildman–Crippen MR) is 80.3 cm³/mol. The number of aromatic nitrogens is 2. The van der Waals surface area contributed by atoms with Crippen LogP contribution in [-0.4, -0.2) is 33.9 Å². The summed E-state index contributed by atoms with van der Waals surface area (Å²) in [5, 5.41) is 0. The van der Waals surface area contributed by atoms with Crippen LogP contribution in [0.3, 0.4) is 0 Å². The first-order valence-electron chi connectivity index (χ1n) is 7.40. The Kier molecular flexibility index (Phi) is 3.57. The average molecular weight is 271 g/mol. The predicted octanol–water partition coefficient (Wildman–Crippen LogP) is 2.20. The Morgan fingerprint density at radius 3 is 2.80 bits per heavy atom. The lowest BCUT2D eigenvalue weighted by molar-refractivity contribution is 0.221. The van der Waals surface area contributed by atoms with E-state index in [1.807, 2.05) is 19.1 Å². The van der Waals surface area contributed by atoms with Gasteiger partial charge in [-0.1, -0.05) is 13.0 Å². The van der Waals surface area contributed by atoms with Crippen molar-refractivity contribution in [2.45, 2.75) is 32.6 Å². The minimum absolute atomic E-state index is 0.0339. The quantitative estimate of drug-likeness (QED) is 0.840. The fourth-order valence-corrected chi connectivity index (χ4v) is 3.03. The van der Waals surface area contributed by atoms with Crippen molar-refractivity contribution in [3.8, 4) is 0 Å². The normalized spacial score (nSPS) is 17.7. The molecule has 0 saturated carbocycles. The number of aryl methyl sites for hydroxylation is 1. The molecule has 20 heavy (non-hydrogen) atoms. The van der Waals surface area contributed by atoms with Gasteiger partial charge in [0.25, 0.3) is 5.56 Å². The molecular weight excluding hydrogens is 250 g/mol. The fraction of sp³-hybridized carbons (Fsp3) is 0.500. The van der Waals surface area contributed by atoms with Crippen molar-refractivity contribution in [3.63, 3.8) is 0 Å². The van der Waals surface area contributed by atoms with Crippen LogP contribution in [-0.2, 0) is 0 Å². The van der Waals surface area contributed by atoms with Gasteiger partial charge in [-0.05, 0) is 51.0 Å². The van der Waals surface area contributed by atoms with Gasteiger partial charge in [0.2, 0.25) is 0 Å². The molecule has 4 heteroatoms. The van der Waals surface area contributed by atoms with Gasteiger partial charge in [0.15, 0.2) is 0 Å². The van der Waals surface area contributed by atoms with Crippen LogP contribution < -0.4 is 5.56 Å². The second kappa shape index (κ2) is 5.37. The number of rotatable bonds is 2. The first kappa shape index (κ1) is 13.3. The zero-order chi connectivity index (χ0) is 14.1. The SMILES string of the molecule is CCN1CCC(c2cc(=O)n3cccc(C)c3n2)CC1. The summed E-state index contributed by atoms with van der Waals surface area (Å²) in [5.74, 6) is 0.426. The molecule has 1 aliphatic heterocycles. The third-order valence-corrected chi connectivity index (χ3v) is 4.36. The summed E-state index contributed by atoms with van der Waals surface area (Å²) < 4.78 is 1.64. The first-order valence-corrected chi connectivity index (χ1v) is 7.40. The van der Waals surface area contributed by atoms with Crippen LogP contribution in [0.5, 0.6) is 0 Å². The topological polar surface area (TPSA) is 37.6 Å². The van der Waals surface area contributed by atoms with Gasteiger partial charge >= 0.3 is 0 Å². The Hall–Kier alpha value is -1.68. The number of pyridine rings is 1. The molecule has 1 fully saturated rings. The lowest BCUT2D eigenvalue weighted by atomic mass is 9.93. The first-order chi connectivity index (χ1) is 9.69. The maximum absolute atomic E-state index is 12.2. The highest BCUT2D eigenvalue weighted by atomic mass is 16.1. The highest BCUT2D eigenvalue weighted by molar-refractivity contribution is 5.47. The van der Waals surface area contributed by atoms with Crippen molar-refractivity contribution in [3.05, 3.63) is 46.0 Å². The van der Waals surface area contributed by atoms with Gasteiger partial charge in [-0.3, -0.25) is 9.20 Å². The minimum atomic E-state index is 0.0339. The molecule has 1 aliphatic rings. The maximum Gasteiger partial charge on any atom is 0.258 e. The van der Waals surface area contributed by atoms with Crippen molar-refractivity contribution in [2.24, 2.45) is 0 Å². The van der Waals surface area contributed by atoms with Crippen molar-refractivity contribution >= 4 is 5.65 Å². The summed E-state index contributed by atoms with van der Waals surface area (Å²) in [4.78, 5) is 19.4. The van der Waals surface area contributed by atoms with Gasteiger partial charge in [0.1, 0.15) is 5.65 Å². The molecule has 0 amide bonds. The average Bonchev–Trinajstić information content (AvgIpc) is 2.48. The molecule has 106 valence electrons. The minimum Gasteiger partial charge on any atom is -0.304 e. The van der Waals surface area contributed by atoms with E-state index in [9.17, 15) is 4.79 Å². The Morgan fingerprint density at radius 1 is 1.35 bits per heavy atom. The molecule has 0 N–H and O–H groups in total. The standard InChI is InChI=1S/C16H21N3O/c1-3-18-9-6-13(7-10-18)14-11-15(20)19-8-4-5-12(2)16(19)17-14/h4-5,8,11,13H,3,6-7,9-10H2,1-2H3.